The van der Waals surface area contributed by atoms with E-state index in [1.165, 1.54) is 6.08 Å². The molecule has 0 aromatic heterocycles. The van der Waals surface area contributed by atoms with Gasteiger partial charge in [0.1, 0.15) is 24.0 Å². The van der Waals surface area contributed by atoms with Crippen molar-refractivity contribution >= 4 is 49.5 Å². The first-order valence-corrected chi connectivity index (χ1v) is 8.84. The number of carbonyl (C=O) groups is 1. The normalized spacial score (nSPS) is 10.7. The Labute approximate surface area is 163 Å². The van der Waals surface area contributed by atoms with Crippen molar-refractivity contribution in [1.29, 1.82) is 5.26 Å². The van der Waals surface area contributed by atoms with Gasteiger partial charge in [0.15, 0.2) is 0 Å². The van der Waals surface area contributed by atoms with E-state index in [2.05, 4.69) is 43.8 Å². The zero-order chi connectivity index (χ0) is 18.2. The Kier molecular flexibility index (Phi) is 6.99. The maximum Gasteiger partial charge on any atom is 0.266 e. The highest BCUT2D eigenvalue weighted by molar-refractivity contribution is 9.11. The van der Waals surface area contributed by atoms with Crippen LogP contribution < -0.4 is 10.1 Å². The van der Waals surface area contributed by atoms with Gasteiger partial charge in [0.25, 0.3) is 5.91 Å². The molecule has 1 N–H and O–H groups in total. The molecule has 0 aliphatic carbocycles. The highest BCUT2D eigenvalue weighted by Crippen LogP contribution is 2.35. The molecule has 4 nitrogen and oxygen atoms in total. The molecule has 0 aliphatic heterocycles. The van der Waals surface area contributed by atoms with Crippen molar-refractivity contribution in [2.24, 2.45) is 0 Å². The van der Waals surface area contributed by atoms with E-state index in [1.807, 2.05) is 24.3 Å². The maximum absolute atomic E-state index is 12.3. The van der Waals surface area contributed by atoms with E-state index in [1.54, 1.807) is 30.3 Å². The van der Waals surface area contributed by atoms with Crippen molar-refractivity contribution in [3.05, 3.63) is 75.2 Å². The van der Waals surface area contributed by atoms with Crippen LogP contribution in [0.2, 0.25) is 0 Å². The average molecular weight is 462 g/mol. The number of benzene rings is 2. The van der Waals surface area contributed by atoms with Gasteiger partial charge >= 0.3 is 0 Å². The van der Waals surface area contributed by atoms with Crippen molar-refractivity contribution in [2.45, 2.75) is 0 Å². The number of para-hydroxylation sites is 1. The van der Waals surface area contributed by atoms with Gasteiger partial charge < -0.3 is 10.1 Å². The van der Waals surface area contributed by atoms with Crippen molar-refractivity contribution < 1.29 is 9.53 Å². The second kappa shape index (κ2) is 9.21. The van der Waals surface area contributed by atoms with Gasteiger partial charge in [0.2, 0.25) is 0 Å². The zero-order valence-electron chi connectivity index (χ0n) is 13.1. The van der Waals surface area contributed by atoms with Crippen molar-refractivity contribution in [2.75, 3.05) is 11.9 Å². The fourth-order valence-electron chi connectivity index (χ4n) is 1.98. The number of ether oxygens (including phenoxy) is 1. The summed E-state index contributed by atoms with van der Waals surface area (Å²) in [5.74, 6) is 0.164. The molecule has 2 rings (SSSR count). The van der Waals surface area contributed by atoms with Crippen LogP contribution in [0.5, 0.6) is 5.75 Å². The summed E-state index contributed by atoms with van der Waals surface area (Å²) in [6.07, 6.45) is 3.17. The van der Waals surface area contributed by atoms with Gasteiger partial charge in [0, 0.05) is 5.69 Å². The Balaban J connectivity index is 2.26. The summed E-state index contributed by atoms with van der Waals surface area (Å²) in [5, 5.41) is 12.0. The first-order chi connectivity index (χ1) is 12.0. The number of nitriles is 1. The van der Waals surface area contributed by atoms with Crippen LogP contribution in [0.25, 0.3) is 6.08 Å². The first kappa shape index (κ1) is 19.0. The lowest BCUT2D eigenvalue weighted by Crippen LogP contribution is -2.13. The first-order valence-electron chi connectivity index (χ1n) is 7.26. The third kappa shape index (κ3) is 5.31. The molecule has 6 heteroatoms. The van der Waals surface area contributed by atoms with E-state index >= 15 is 0 Å². The lowest BCUT2D eigenvalue weighted by Gasteiger charge is -2.10. The van der Waals surface area contributed by atoms with Gasteiger partial charge in [0.05, 0.1) is 8.95 Å². The number of nitrogens with one attached hydrogen (secondary N) is 1. The van der Waals surface area contributed by atoms with Gasteiger partial charge in [-0.15, -0.1) is 0 Å². The Morgan fingerprint density at radius 3 is 2.44 bits per heavy atom. The predicted octanol–water partition coefficient (Wildman–Crippen LogP) is 5.32. The van der Waals surface area contributed by atoms with Gasteiger partial charge in [-0.3, -0.25) is 4.79 Å². The zero-order valence-corrected chi connectivity index (χ0v) is 16.3. The Morgan fingerprint density at radius 1 is 1.24 bits per heavy atom. The molecule has 126 valence electrons. The summed E-state index contributed by atoms with van der Waals surface area (Å²) >= 11 is 6.86. The number of hydrogen-bond acceptors (Lipinski definition) is 3. The number of hydrogen-bond donors (Lipinski definition) is 1. The molecule has 0 heterocycles. The summed E-state index contributed by atoms with van der Waals surface area (Å²) in [6.45, 7) is 3.98. The summed E-state index contributed by atoms with van der Waals surface area (Å²) in [5.41, 5.74) is 1.32. The topological polar surface area (TPSA) is 62.1 Å². The molecule has 0 atom stereocenters. The smallest absolute Gasteiger partial charge is 0.266 e. The number of carbonyl (C=O) groups excluding carboxylic acids is 1. The van der Waals surface area contributed by atoms with Crippen molar-refractivity contribution in [3.8, 4) is 11.8 Å². The van der Waals surface area contributed by atoms with Crippen LogP contribution >= 0.6 is 31.9 Å². The van der Waals surface area contributed by atoms with Crippen LogP contribution in [0, 0.1) is 11.3 Å². The maximum atomic E-state index is 12.3. The van der Waals surface area contributed by atoms with Crippen molar-refractivity contribution in [3.63, 3.8) is 0 Å². The SMILES string of the molecule is C=CCOc1c(Br)cc(/C=C(\C#N)C(=O)Nc2ccccc2)cc1Br. The van der Waals surface area contributed by atoms with E-state index < -0.39 is 5.91 Å². The van der Waals surface area contributed by atoms with Crippen LogP contribution in [0.4, 0.5) is 5.69 Å². The predicted molar refractivity (Wildman–Crippen MR) is 106 cm³/mol. The monoisotopic (exact) mass is 460 g/mol. The van der Waals surface area contributed by atoms with E-state index in [9.17, 15) is 10.1 Å². The van der Waals surface area contributed by atoms with E-state index in [-0.39, 0.29) is 5.57 Å². The molecular weight excluding hydrogens is 448 g/mol. The highest BCUT2D eigenvalue weighted by atomic mass is 79.9. The van der Waals surface area contributed by atoms with Gasteiger partial charge in [-0.1, -0.05) is 30.9 Å². The molecule has 0 fully saturated rings. The molecule has 25 heavy (non-hydrogen) atoms. The second-order valence-electron chi connectivity index (χ2n) is 4.90. The minimum atomic E-state index is -0.465. The summed E-state index contributed by atoms with van der Waals surface area (Å²) in [7, 11) is 0. The molecule has 0 spiro atoms. The highest BCUT2D eigenvalue weighted by Gasteiger charge is 2.12. The number of nitrogens with zero attached hydrogens (tertiary/aromatic N) is 1. The van der Waals surface area contributed by atoms with E-state index in [0.29, 0.717) is 32.6 Å². The number of rotatable bonds is 6. The van der Waals surface area contributed by atoms with Gasteiger partial charge in [-0.05, 0) is 67.8 Å². The Morgan fingerprint density at radius 2 is 1.88 bits per heavy atom. The molecule has 0 bridgehead atoms. The van der Waals surface area contributed by atoms with Crippen LogP contribution in [-0.4, -0.2) is 12.5 Å². The van der Waals surface area contributed by atoms with Crippen molar-refractivity contribution in [1.82, 2.24) is 0 Å². The quantitative estimate of drug-likeness (QED) is 0.359. The molecule has 1 amide bonds. The van der Waals surface area contributed by atoms with E-state index in [0.717, 1.165) is 0 Å². The summed E-state index contributed by atoms with van der Waals surface area (Å²) < 4.78 is 6.96. The van der Waals surface area contributed by atoms with Crippen LogP contribution in [-0.2, 0) is 4.79 Å². The number of anilines is 1. The largest absolute Gasteiger partial charge is 0.487 e. The number of amides is 1. The van der Waals surface area contributed by atoms with Crippen LogP contribution in [0.1, 0.15) is 5.56 Å². The van der Waals surface area contributed by atoms with Crippen LogP contribution in [0.3, 0.4) is 0 Å². The molecule has 0 aliphatic rings. The molecule has 0 unspecified atom stereocenters. The Bertz CT molecular complexity index is 832. The molecule has 2 aromatic rings. The molecule has 2 aromatic carbocycles. The van der Waals surface area contributed by atoms with Gasteiger partial charge in [-0.2, -0.15) is 5.26 Å². The summed E-state index contributed by atoms with van der Waals surface area (Å²) in [6, 6.07) is 14.5. The second-order valence-corrected chi connectivity index (χ2v) is 6.61. The average Bonchev–Trinajstić information content (AvgIpc) is 2.59. The fraction of sp³-hybridized carbons (Fsp3) is 0.0526. The third-order valence-corrected chi connectivity index (χ3v) is 4.25. The number of halogens is 2. The fourth-order valence-corrected chi connectivity index (χ4v) is 3.43. The standard InChI is InChI=1S/C19H14Br2N2O2/c1-2-8-25-18-16(20)10-13(11-17(18)21)9-14(12-22)19(24)23-15-6-4-3-5-7-15/h2-7,9-11H,1,8H2,(H,23,24)/b14-9+. The lowest BCUT2D eigenvalue weighted by atomic mass is 10.1. The molecule has 0 saturated carbocycles. The minimum absolute atomic E-state index is 0.00223. The lowest BCUT2D eigenvalue weighted by molar-refractivity contribution is -0.112. The van der Waals surface area contributed by atoms with Gasteiger partial charge in [-0.25, -0.2) is 0 Å². The minimum Gasteiger partial charge on any atom is -0.487 e. The third-order valence-electron chi connectivity index (χ3n) is 3.07. The van der Waals surface area contributed by atoms with Crippen LogP contribution in [0.15, 0.2) is 69.6 Å². The molecule has 0 radical (unpaired) electrons. The Hall–Kier alpha value is -2.36. The molecule has 0 saturated heterocycles. The molecular formula is C19H14Br2N2O2. The summed E-state index contributed by atoms with van der Waals surface area (Å²) in [4.78, 5) is 12.3. The van der Waals surface area contributed by atoms with E-state index in [4.69, 9.17) is 4.74 Å².